The Kier molecular flexibility index (Phi) is 4.17. The Bertz CT molecular complexity index is 330. The number of hydrogen-bond acceptors (Lipinski definition) is 3. The topological polar surface area (TPSA) is 35.0 Å². The van der Waals surface area contributed by atoms with E-state index in [0.717, 1.165) is 0 Å². The molecule has 5 heteroatoms. The quantitative estimate of drug-likeness (QED) is 0.594. The number of rotatable bonds is 3. The monoisotopic (exact) mass is 232 g/mol. The van der Waals surface area contributed by atoms with Crippen molar-refractivity contribution in [3.05, 3.63) is 34.0 Å². The molecule has 1 aromatic rings. The van der Waals surface area contributed by atoms with Crippen molar-refractivity contribution in [3.8, 4) is 0 Å². The van der Waals surface area contributed by atoms with E-state index in [4.69, 9.17) is 27.9 Å². The summed E-state index contributed by atoms with van der Waals surface area (Å²) in [6.07, 6.45) is 3.92. The van der Waals surface area contributed by atoms with Crippen molar-refractivity contribution in [2.24, 2.45) is 0 Å². The molecule has 0 aliphatic rings. The molecule has 3 nitrogen and oxygen atoms in total. The van der Waals surface area contributed by atoms with E-state index >= 15 is 0 Å². The van der Waals surface area contributed by atoms with Crippen LogP contribution in [0.4, 0.5) is 0 Å². The van der Waals surface area contributed by atoms with Crippen LogP contribution in [0.2, 0.25) is 10.3 Å². The highest BCUT2D eigenvalue weighted by atomic mass is 35.5. The lowest BCUT2D eigenvalue weighted by atomic mass is 10.2. The molecule has 0 spiro atoms. The third-order valence-corrected chi connectivity index (χ3v) is 2.20. The van der Waals surface area contributed by atoms with E-state index in [-0.39, 0.29) is 0 Å². The number of aryl methyl sites for hydroxylation is 1. The molecule has 0 N–H and O–H groups in total. The van der Waals surface area contributed by atoms with Crippen LogP contribution in [0.15, 0.2) is 12.3 Å². The van der Waals surface area contributed by atoms with Gasteiger partial charge >= 0.3 is 0 Å². The van der Waals surface area contributed by atoms with Crippen molar-refractivity contribution < 1.29 is 4.74 Å². The molecule has 0 aromatic carbocycles. The molecule has 0 bridgehead atoms. The first-order chi connectivity index (χ1) is 6.65. The minimum absolute atomic E-state index is 0.392. The van der Waals surface area contributed by atoms with Gasteiger partial charge in [-0.25, -0.2) is 9.97 Å². The van der Waals surface area contributed by atoms with Crippen molar-refractivity contribution >= 4 is 23.2 Å². The second kappa shape index (κ2) is 5.17. The summed E-state index contributed by atoms with van der Waals surface area (Å²) < 4.78 is 4.76. The number of hydrogen-bond donors (Lipinski definition) is 0. The van der Waals surface area contributed by atoms with Crippen molar-refractivity contribution in [2.75, 3.05) is 7.11 Å². The number of nitrogens with zero attached hydrogens (tertiary/aromatic N) is 2. The van der Waals surface area contributed by atoms with Gasteiger partial charge in [0.25, 0.3) is 0 Å². The van der Waals surface area contributed by atoms with E-state index in [1.54, 1.807) is 26.4 Å². The summed E-state index contributed by atoms with van der Waals surface area (Å²) in [4.78, 5) is 8.02. The van der Waals surface area contributed by atoms with Crippen LogP contribution >= 0.6 is 23.2 Å². The van der Waals surface area contributed by atoms with Crippen molar-refractivity contribution in [1.29, 1.82) is 0 Å². The fourth-order valence-electron chi connectivity index (χ4n) is 0.960. The van der Waals surface area contributed by atoms with Gasteiger partial charge in [-0.15, -0.1) is 0 Å². The van der Waals surface area contributed by atoms with Crippen LogP contribution in [-0.4, -0.2) is 17.1 Å². The van der Waals surface area contributed by atoms with Gasteiger partial charge in [0.05, 0.1) is 13.4 Å². The zero-order valence-corrected chi connectivity index (χ0v) is 9.43. The molecule has 0 saturated carbocycles. The largest absolute Gasteiger partial charge is 0.505 e. The lowest BCUT2D eigenvalue weighted by Crippen LogP contribution is -1.96. The molecule has 0 fully saturated rings. The predicted octanol–water partition coefficient (Wildman–Crippen LogP) is 2.79. The Morgan fingerprint density at radius 1 is 1.29 bits per heavy atom. The molecule has 0 saturated heterocycles. The molecule has 1 rings (SSSR count). The number of methoxy groups -OCH3 is 1. The lowest BCUT2D eigenvalue weighted by Gasteiger charge is -2.03. The molecule has 0 aliphatic carbocycles. The van der Waals surface area contributed by atoms with E-state index in [1.807, 2.05) is 0 Å². The Balaban J connectivity index is 2.91. The van der Waals surface area contributed by atoms with Gasteiger partial charge in [0, 0.05) is 5.56 Å². The lowest BCUT2D eigenvalue weighted by molar-refractivity contribution is 0.337. The van der Waals surface area contributed by atoms with Gasteiger partial charge in [-0.05, 0) is 19.4 Å². The Hall–Kier alpha value is -0.800. The summed E-state index contributed by atoms with van der Waals surface area (Å²) in [5.41, 5.74) is 0.715. The van der Waals surface area contributed by atoms with Crippen LogP contribution in [-0.2, 0) is 11.2 Å². The number of ether oxygens (including phenoxy) is 1. The zero-order chi connectivity index (χ0) is 10.6. The summed E-state index contributed by atoms with van der Waals surface area (Å²) in [5.74, 6) is 0.569. The fraction of sp³-hybridized carbons (Fsp3) is 0.333. The van der Waals surface area contributed by atoms with Gasteiger partial charge in [-0.1, -0.05) is 23.2 Å². The maximum Gasteiger partial charge on any atom is 0.137 e. The number of aromatic nitrogens is 2. The third-order valence-electron chi connectivity index (χ3n) is 1.57. The van der Waals surface area contributed by atoms with E-state index in [1.165, 1.54) is 0 Å². The second-order valence-electron chi connectivity index (χ2n) is 2.64. The van der Waals surface area contributed by atoms with E-state index in [2.05, 4.69) is 9.97 Å². The van der Waals surface area contributed by atoms with Gasteiger partial charge in [-0.2, -0.15) is 0 Å². The van der Waals surface area contributed by atoms with Gasteiger partial charge in [0.15, 0.2) is 0 Å². The summed E-state index contributed by atoms with van der Waals surface area (Å²) >= 11 is 11.8. The molecule has 0 unspecified atom stereocenters. The van der Waals surface area contributed by atoms with E-state index in [9.17, 15) is 0 Å². The molecule has 14 heavy (non-hydrogen) atoms. The molecule has 76 valence electrons. The first kappa shape index (κ1) is 11.3. The highest BCUT2D eigenvalue weighted by molar-refractivity contribution is 6.34. The first-order valence-corrected chi connectivity index (χ1v) is 4.77. The molecule has 1 aromatic heterocycles. The summed E-state index contributed by atoms with van der Waals surface area (Å²) in [6, 6.07) is 0. The Labute approximate surface area is 92.7 Å². The van der Waals surface area contributed by atoms with Crippen molar-refractivity contribution in [1.82, 2.24) is 9.97 Å². The molecule has 0 radical (unpaired) electrons. The van der Waals surface area contributed by atoms with Gasteiger partial charge < -0.3 is 4.74 Å². The van der Waals surface area contributed by atoms with Crippen molar-refractivity contribution in [3.63, 3.8) is 0 Å². The first-order valence-electron chi connectivity index (χ1n) is 4.01. The second-order valence-corrected chi connectivity index (χ2v) is 3.36. The third kappa shape index (κ3) is 2.86. The highest BCUT2D eigenvalue weighted by Gasteiger charge is 2.07. The summed E-state index contributed by atoms with van der Waals surface area (Å²) in [6.45, 7) is 1.74. The molecule has 0 aliphatic heterocycles. The summed E-state index contributed by atoms with van der Waals surface area (Å²) in [7, 11) is 1.57. The van der Waals surface area contributed by atoms with Crippen LogP contribution in [0.1, 0.15) is 11.4 Å². The minimum atomic E-state index is 0.392. The molecule has 0 atom stereocenters. The van der Waals surface area contributed by atoms with Crippen LogP contribution in [0.25, 0.3) is 0 Å². The molecule has 0 amide bonds. The van der Waals surface area contributed by atoms with Gasteiger partial charge in [0.1, 0.15) is 16.1 Å². The highest BCUT2D eigenvalue weighted by Crippen LogP contribution is 2.21. The van der Waals surface area contributed by atoms with Crippen LogP contribution in [0.5, 0.6) is 0 Å². The maximum atomic E-state index is 5.90. The van der Waals surface area contributed by atoms with E-state index in [0.29, 0.717) is 28.1 Å². The average Bonchev–Trinajstić information content (AvgIpc) is 2.09. The number of halogens is 2. The standard InChI is InChI=1S/C9H10Cl2N2O/c1-6-12-8(10)7(9(11)13-6)4-3-5-14-2/h3,5H,4H2,1-2H3/b5-3+. The van der Waals surface area contributed by atoms with Gasteiger partial charge in [0.2, 0.25) is 0 Å². The van der Waals surface area contributed by atoms with Crippen LogP contribution in [0.3, 0.4) is 0 Å². The Morgan fingerprint density at radius 2 is 1.86 bits per heavy atom. The smallest absolute Gasteiger partial charge is 0.137 e. The maximum absolute atomic E-state index is 5.90. The van der Waals surface area contributed by atoms with Gasteiger partial charge in [-0.3, -0.25) is 0 Å². The number of allylic oxidation sites excluding steroid dienone is 1. The molecular formula is C9H10Cl2N2O. The van der Waals surface area contributed by atoms with E-state index < -0.39 is 0 Å². The normalized spacial score (nSPS) is 10.9. The van der Waals surface area contributed by atoms with Crippen LogP contribution < -0.4 is 0 Å². The predicted molar refractivity (Wildman–Crippen MR) is 56.6 cm³/mol. The Morgan fingerprint density at radius 3 is 2.36 bits per heavy atom. The zero-order valence-electron chi connectivity index (χ0n) is 7.92. The molecule has 1 heterocycles. The SMILES string of the molecule is CO/C=C/Cc1c(Cl)nc(C)nc1Cl. The average molecular weight is 233 g/mol. The van der Waals surface area contributed by atoms with Crippen molar-refractivity contribution in [2.45, 2.75) is 13.3 Å². The summed E-state index contributed by atoms with van der Waals surface area (Å²) in [5, 5.41) is 0.784. The van der Waals surface area contributed by atoms with Crippen LogP contribution in [0, 0.1) is 6.92 Å². The minimum Gasteiger partial charge on any atom is -0.505 e. The molecular weight excluding hydrogens is 223 g/mol. The fourth-order valence-corrected chi connectivity index (χ4v) is 1.59.